The number of halogens is 1. The van der Waals surface area contributed by atoms with Crippen molar-refractivity contribution < 1.29 is 9.53 Å². The second-order valence-corrected chi connectivity index (χ2v) is 8.36. The predicted octanol–water partition coefficient (Wildman–Crippen LogP) is 3.17. The summed E-state index contributed by atoms with van der Waals surface area (Å²) in [4.78, 5) is 22.5. The lowest BCUT2D eigenvalue weighted by Gasteiger charge is -2.36. The summed E-state index contributed by atoms with van der Waals surface area (Å²) >= 11 is 0. The molecule has 29 heavy (non-hydrogen) atoms. The lowest BCUT2D eigenvalue weighted by Crippen LogP contribution is -2.53. The lowest BCUT2D eigenvalue weighted by atomic mass is 10.1. The minimum absolute atomic E-state index is 0. The summed E-state index contributed by atoms with van der Waals surface area (Å²) in [7, 11) is 4.08. The molecule has 1 aliphatic heterocycles. The zero-order valence-corrected chi connectivity index (χ0v) is 20.7. The minimum atomic E-state index is -0.471. The maximum absolute atomic E-state index is 12.1. The van der Waals surface area contributed by atoms with Gasteiger partial charge in [-0.2, -0.15) is 0 Å². The first-order valence-electron chi connectivity index (χ1n) is 9.95. The van der Waals surface area contributed by atoms with E-state index in [9.17, 15) is 4.79 Å². The van der Waals surface area contributed by atoms with Crippen LogP contribution in [0.15, 0.2) is 29.3 Å². The van der Waals surface area contributed by atoms with E-state index in [-0.39, 0.29) is 30.1 Å². The van der Waals surface area contributed by atoms with Gasteiger partial charge in [0, 0.05) is 52.5 Å². The molecule has 0 atom stereocenters. The van der Waals surface area contributed by atoms with Crippen LogP contribution in [-0.2, 0) is 11.2 Å². The molecule has 1 aliphatic rings. The number of guanidine groups is 1. The van der Waals surface area contributed by atoms with E-state index >= 15 is 0 Å². The summed E-state index contributed by atoms with van der Waals surface area (Å²) in [6, 6.07) is 8.60. The van der Waals surface area contributed by atoms with E-state index in [4.69, 9.17) is 10.5 Å². The smallest absolute Gasteiger partial charge is 0.410 e. The van der Waals surface area contributed by atoms with Crippen LogP contribution in [0.3, 0.4) is 0 Å². The Balaban J connectivity index is 0.00000420. The summed E-state index contributed by atoms with van der Waals surface area (Å²) in [6.07, 6.45) is 1.68. The van der Waals surface area contributed by atoms with Crippen molar-refractivity contribution in [2.24, 2.45) is 10.7 Å². The Bertz CT molecular complexity index is 663. The van der Waals surface area contributed by atoms with E-state index in [1.165, 1.54) is 11.3 Å². The standard InChI is InChI=1S/C21H35N5O2.HI/c1-21(2,3)28-20(27)26-15-13-25(14-16-26)19(22)23-12-6-7-17-8-10-18(11-9-17)24(4)5;/h8-11H,6-7,12-16H2,1-5H3,(H2,22,23);1H. The monoisotopic (exact) mass is 517 g/mol. The second-order valence-electron chi connectivity index (χ2n) is 8.36. The van der Waals surface area contributed by atoms with Gasteiger partial charge in [-0.05, 0) is 51.3 Å². The van der Waals surface area contributed by atoms with E-state index in [1.54, 1.807) is 4.90 Å². The number of carbonyl (C=O) groups excluding carboxylic acids is 1. The molecular formula is C21H36IN5O2. The van der Waals surface area contributed by atoms with Gasteiger partial charge in [0.2, 0.25) is 0 Å². The fourth-order valence-corrected chi connectivity index (χ4v) is 2.98. The molecule has 164 valence electrons. The predicted molar refractivity (Wildman–Crippen MR) is 130 cm³/mol. The molecule has 0 aromatic heterocycles. The number of aryl methyl sites for hydroxylation is 1. The molecule has 1 saturated heterocycles. The number of ether oxygens (including phenoxy) is 1. The van der Waals surface area contributed by atoms with Crippen molar-refractivity contribution in [2.75, 3.05) is 51.7 Å². The van der Waals surface area contributed by atoms with Crippen LogP contribution in [0.4, 0.5) is 10.5 Å². The number of hydrogen-bond donors (Lipinski definition) is 1. The number of benzene rings is 1. The van der Waals surface area contributed by atoms with Crippen molar-refractivity contribution in [3.05, 3.63) is 29.8 Å². The Morgan fingerprint density at radius 2 is 1.66 bits per heavy atom. The van der Waals surface area contributed by atoms with Gasteiger partial charge in [0.25, 0.3) is 0 Å². The molecule has 0 bridgehead atoms. The molecule has 0 spiro atoms. The van der Waals surface area contributed by atoms with Crippen molar-refractivity contribution in [3.8, 4) is 0 Å². The summed E-state index contributed by atoms with van der Waals surface area (Å²) in [6.45, 7) is 8.90. The third kappa shape index (κ3) is 8.67. The van der Waals surface area contributed by atoms with Gasteiger partial charge >= 0.3 is 6.09 Å². The molecule has 2 rings (SSSR count). The molecule has 7 nitrogen and oxygen atoms in total. The topological polar surface area (TPSA) is 74.4 Å². The number of anilines is 1. The molecule has 0 saturated carbocycles. The van der Waals surface area contributed by atoms with Crippen molar-refractivity contribution in [1.82, 2.24) is 9.80 Å². The molecule has 1 fully saturated rings. The zero-order chi connectivity index (χ0) is 20.7. The zero-order valence-electron chi connectivity index (χ0n) is 18.4. The van der Waals surface area contributed by atoms with Gasteiger partial charge < -0.3 is 25.2 Å². The summed E-state index contributed by atoms with van der Waals surface area (Å²) in [5, 5.41) is 0. The fourth-order valence-electron chi connectivity index (χ4n) is 2.98. The van der Waals surface area contributed by atoms with Crippen LogP contribution in [0.5, 0.6) is 0 Å². The van der Waals surface area contributed by atoms with E-state index in [0.717, 1.165) is 12.8 Å². The highest BCUT2D eigenvalue weighted by molar-refractivity contribution is 14.0. The van der Waals surface area contributed by atoms with Crippen LogP contribution in [0, 0.1) is 0 Å². The maximum Gasteiger partial charge on any atom is 0.410 e. The highest BCUT2D eigenvalue weighted by Gasteiger charge is 2.26. The molecule has 0 aliphatic carbocycles. The number of rotatable bonds is 5. The van der Waals surface area contributed by atoms with Crippen LogP contribution >= 0.6 is 24.0 Å². The molecule has 1 aromatic carbocycles. The number of amides is 1. The number of carbonyl (C=O) groups is 1. The number of nitrogens with zero attached hydrogens (tertiary/aromatic N) is 4. The number of hydrogen-bond acceptors (Lipinski definition) is 4. The largest absolute Gasteiger partial charge is 0.444 e. The highest BCUT2D eigenvalue weighted by Crippen LogP contribution is 2.14. The quantitative estimate of drug-likeness (QED) is 0.281. The van der Waals surface area contributed by atoms with Crippen molar-refractivity contribution in [1.29, 1.82) is 0 Å². The molecule has 1 aromatic rings. The SMILES string of the molecule is CN(C)c1ccc(CCCN=C(N)N2CCN(C(=O)OC(C)(C)C)CC2)cc1.I. The third-order valence-corrected chi connectivity index (χ3v) is 4.61. The highest BCUT2D eigenvalue weighted by atomic mass is 127. The van der Waals surface area contributed by atoms with Crippen LogP contribution < -0.4 is 10.6 Å². The van der Waals surface area contributed by atoms with E-state index in [2.05, 4.69) is 34.2 Å². The molecule has 0 unspecified atom stereocenters. The van der Waals surface area contributed by atoms with Crippen molar-refractivity contribution in [2.45, 2.75) is 39.2 Å². The van der Waals surface area contributed by atoms with Gasteiger partial charge in [-0.1, -0.05) is 12.1 Å². The van der Waals surface area contributed by atoms with E-state index in [0.29, 0.717) is 38.7 Å². The average Bonchev–Trinajstić information content (AvgIpc) is 2.64. The molecule has 2 N–H and O–H groups in total. The summed E-state index contributed by atoms with van der Waals surface area (Å²) in [5.74, 6) is 0.562. The Morgan fingerprint density at radius 1 is 1.10 bits per heavy atom. The molecule has 0 radical (unpaired) electrons. The Kier molecular flexibility index (Phi) is 10.0. The molecule has 1 heterocycles. The first-order valence-corrected chi connectivity index (χ1v) is 9.95. The van der Waals surface area contributed by atoms with Gasteiger partial charge in [0.05, 0.1) is 0 Å². The molecular weight excluding hydrogens is 481 g/mol. The Hall–Kier alpha value is -1.71. The van der Waals surface area contributed by atoms with Crippen LogP contribution in [-0.4, -0.2) is 74.3 Å². The van der Waals surface area contributed by atoms with Gasteiger partial charge in [-0.3, -0.25) is 4.99 Å². The second kappa shape index (κ2) is 11.5. The van der Waals surface area contributed by atoms with E-state index < -0.39 is 5.60 Å². The Labute approximate surface area is 192 Å². The van der Waals surface area contributed by atoms with Crippen molar-refractivity contribution in [3.63, 3.8) is 0 Å². The van der Waals surface area contributed by atoms with Gasteiger partial charge in [-0.25, -0.2) is 4.79 Å². The normalized spacial score (nSPS) is 15.0. The average molecular weight is 517 g/mol. The third-order valence-electron chi connectivity index (χ3n) is 4.61. The van der Waals surface area contributed by atoms with Crippen LogP contribution in [0.25, 0.3) is 0 Å². The lowest BCUT2D eigenvalue weighted by molar-refractivity contribution is 0.0186. The van der Waals surface area contributed by atoms with Gasteiger partial charge in [-0.15, -0.1) is 24.0 Å². The first-order chi connectivity index (χ1) is 13.2. The van der Waals surface area contributed by atoms with Crippen molar-refractivity contribution >= 4 is 41.7 Å². The number of nitrogens with two attached hydrogens (primary N) is 1. The van der Waals surface area contributed by atoms with Crippen LogP contribution in [0.1, 0.15) is 32.8 Å². The molecule has 1 amide bonds. The maximum atomic E-state index is 12.1. The first kappa shape index (κ1) is 25.3. The summed E-state index contributed by atoms with van der Waals surface area (Å²) in [5.41, 5.74) is 8.18. The van der Waals surface area contributed by atoms with Gasteiger partial charge in [0.1, 0.15) is 5.60 Å². The fraction of sp³-hybridized carbons (Fsp3) is 0.619. The van der Waals surface area contributed by atoms with Crippen LogP contribution in [0.2, 0.25) is 0 Å². The minimum Gasteiger partial charge on any atom is -0.444 e. The van der Waals surface area contributed by atoms with E-state index in [1.807, 2.05) is 39.8 Å². The van der Waals surface area contributed by atoms with Gasteiger partial charge in [0.15, 0.2) is 5.96 Å². The number of aliphatic imine (C=N–C) groups is 1. The molecule has 8 heteroatoms. The summed E-state index contributed by atoms with van der Waals surface area (Å²) < 4.78 is 5.42. The Morgan fingerprint density at radius 3 is 2.17 bits per heavy atom. The number of piperazine rings is 1.